The Morgan fingerprint density at radius 1 is 0.914 bits per heavy atom. The molecule has 4 rings (SSSR count). The maximum atomic E-state index is 13.0. The number of anilines is 1. The van der Waals surface area contributed by atoms with Gasteiger partial charge in [-0.25, -0.2) is 4.79 Å². The van der Waals surface area contributed by atoms with Crippen LogP contribution in [0.2, 0.25) is 5.02 Å². The number of ether oxygens (including phenoxy) is 2. The van der Waals surface area contributed by atoms with E-state index in [1.54, 1.807) is 19.1 Å². The van der Waals surface area contributed by atoms with Gasteiger partial charge in [-0.2, -0.15) is 0 Å². The quantitative estimate of drug-likeness (QED) is 0.269. The summed E-state index contributed by atoms with van der Waals surface area (Å²) in [6.07, 6.45) is -0.792. The van der Waals surface area contributed by atoms with Crippen molar-refractivity contribution >= 4 is 39.8 Å². The Morgan fingerprint density at radius 2 is 1.57 bits per heavy atom. The fraction of sp³-hybridized carbons (Fsp3) is 0.143. The van der Waals surface area contributed by atoms with Crippen LogP contribution < -0.4 is 10.1 Å². The molecule has 0 saturated heterocycles. The Kier molecular flexibility index (Phi) is 7.54. The van der Waals surface area contributed by atoms with Gasteiger partial charge in [0, 0.05) is 15.5 Å². The molecule has 7 heteroatoms. The molecular weight excluding hydrogens is 482 g/mol. The summed E-state index contributed by atoms with van der Waals surface area (Å²) in [6, 6.07) is 24.8. The van der Waals surface area contributed by atoms with Crippen LogP contribution in [0.15, 0.2) is 78.9 Å². The largest absolute Gasteiger partial charge is 0.481 e. The minimum atomic E-state index is -0.792. The minimum absolute atomic E-state index is 0.296. The van der Waals surface area contributed by atoms with Crippen LogP contribution in [0.25, 0.3) is 22.3 Å². The first-order valence-corrected chi connectivity index (χ1v) is 12.2. The first-order chi connectivity index (χ1) is 16.9. The van der Waals surface area contributed by atoms with Gasteiger partial charge in [0.15, 0.2) is 6.10 Å². The lowest BCUT2D eigenvalue weighted by Crippen LogP contribution is -2.30. The summed E-state index contributed by atoms with van der Waals surface area (Å²) in [5.74, 6) is -0.339. The van der Waals surface area contributed by atoms with E-state index in [4.69, 9.17) is 21.1 Å². The Labute approximate surface area is 213 Å². The standard InChI is InChI=1S/C28H24ClNO4S/c1-17(34-23-14-12-20(13-15-23)19-8-5-4-6-9-19)26(31)30-27-25(28(32)33-3)24(18(2)35-27)21-10-7-11-22(29)16-21/h4-17H,1-3H3,(H,30,31). The predicted octanol–water partition coefficient (Wildman–Crippen LogP) is 7.24. The molecule has 178 valence electrons. The zero-order valence-electron chi connectivity index (χ0n) is 19.5. The number of halogens is 1. The molecule has 0 aliphatic heterocycles. The molecule has 0 aliphatic rings. The third-order valence-corrected chi connectivity index (χ3v) is 6.72. The van der Waals surface area contributed by atoms with Crippen molar-refractivity contribution in [3.63, 3.8) is 0 Å². The van der Waals surface area contributed by atoms with Gasteiger partial charge in [-0.15, -0.1) is 11.3 Å². The van der Waals surface area contributed by atoms with Crippen molar-refractivity contribution in [3.05, 3.63) is 94.3 Å². The molecule has 1 unspecified atom stereocenters. The lowest BCUT2D eigenvalue weighted by molar-refractivity contribution is -0.122. The maximum absolute atomic E-state index is 13.0. The van der Waals surface area contributed by atoms with Crippen molar-refractivity contribution in [2.24, 2.45) is 0 Å². The van der Waals surface area contributed by atoms with E-state index in [1.165, 1.54) is 18.4 Å². The average Bonchev–Trinajstić information content (AvgIpc) is 3.19. The van der Waals surface area contributed by atoms with Crippen LogP contribution in [0, 0.1) is 6.92 Å². The van der Waals surface area contributed by atoms with Gasteiger partial charge >= 0.3 is 5.97 Å². The topological polar surface area (TPSA) is 64.6 Å². The summed E-state index contributed by atoms with van der Waals surface area (Å²) in [6.45, 7) is 3.55. The van der Waals surface area contributed by atoms with Gasteiger partial charge in [0.25, 0.3) is 5.91 Å². The van der Waals surface area contributed by atoms with Gasteiger partial charge in [-0.1, -0.05) is 66.2 Å². The van der Waals surface area contributed by atoms with Crippen LogP contribution in [-0.4, -0.2) is 25.1 Å². The van der Waals surface area contributed by atoms with Crippen LogP contribution >= 0.6 is 22.9 Å². The first-order valence-electron chi connectivity index (χ1n) is 11.0. The summed E-state index contributed by atoms with van der Waals surface area (Å²) >= 11 is 7.47. The maximum Gasteiger partial charge on any atom is 0.341 e. The van der Waals surface area contributed by atoms with E-state index in [9.17, 15) is 9.59 Å². The third-order valence-electron chi connectivity index (χ3n) is 5.47. The summed E-state index contributed by atoms with van der Waals surface area (Å²) < 4.78 is 10.9. The highest BCUT2D eigenvalue weighted by molar-refractivity contribution is 7.17. The molecule has 0 aliphatic carbocycles. The van der Waals surface area contributed by atoms with Gasteiger partial charge in [-0.3, -0.25) is 4.79 Å². The summed E-state index contributed by atoms with van der Waals surface area (Å²) in [5.41, 5.74) is 3.91. The number of hydrogen-bond donors (Lipinski definition) is 1. The Bertz CT molecular complexity index is 1350. The number of nitrogens with one attached hydrogen (secondary N) is 1. The predicted molar refractivity (Wildman–Crippen MR) is 141 cm³/mol. The Balaban J connectivity index is 1.53. The molecule has 1 heterocycles. The lowest BCUT2D eigenvalue weighted by Gasteiger charge is -2.15. The number of carbonyl (C=O) groups excluding carboxylic acids is 2. The minimum Gasteiger partial charge on any atom is -0.481 e. The number of methoxy groups -OCH3 is 1. The monoisotopic (exact) mass is 505 g/mol. The zero-order chi connectivity index (χ0) is 24.9. The SMILES string of the molecule is COC(=O)c1c(NC(=O)C(C)Oc2ccc(-c3ccccc3)cc2)sc(C)c1-c1cccc(Cl)c1. The number of aryl methyl sites for hydroxylation is 1. The second-order valence-corrected chi connectivity index (χ2v) is 9.54. The van der Waals surface area contributed by atoms with Gasteiger partial charge in [0.2, 0.25) is 0 Å². The van der Waals surface area contributed by atoms with Crippen LogP contribution in [0.5, 0.6) is 5.75 Å². The molecule has 4 aromatic rings. The van der Waals surface area contributed by atoms with Crippen molar-refractivity contribution < 1.29 is 19.1 Å². The fourth-order valence-electron chi connectivity index (χ4n) is 3.75. The normalized spacial score (nSPS) is 11.5. The van der Waals surface area contributed by atoms with Crippen molar-refractivity contribution in [1.82, 2.24) is 0 Å². The van der Waals surface area contributed by atoms with E-state index in [0.717, 1.165) is 21.6 Å². The van der Waals surface area contributed by atoms with E-state index in [1.807, 2.05) is 73.7 Å². The number of rotatable bonds is 7. The van der Waals surface area contributed by atoms with Crippen LogP contribution in [0.1, 0.15) is 22.2 Å². The molecule has 0 fully saturated rings. The molecule has 0 bridgehead atoms. The summed E-state index contributed by atoms with van der Waals surface area (Å²) in [5, 5.41) is 3.81. The number of thiophene rings is 1. The van der Waals surface area contributed by atoms with Crippen LogP contribution in [0.4, 0.5) is 5.00 Å². The zero-order valence-corrected chi connectivity index (χ0v) is 21.1. The average molecular weight is 506 g/mol. The Hall–Kier alpha value is -3.61. The highest BCUT2D eigenvalue weighted by Crippen LogP contribution is 2.41. The van der Waals surface area contributed by atoms with Gasteiger partial charge in [-0.05, 0) is 54.8 Å². The number of benzene rings is 3. The van der Waals surface area contributed by atoms with Crippen molar-refractivity contribution in [3.8, 4) is 28.0 Å². The second kappa shape index (κ2) is 10.8. The van der Waals surface area contributed by atoms with E-state index in [2.05, 4.69) is 5.32 Å². The smallest absolute Gasteiger partial charge is 0.341 e. The summed E-state index contributed by atoms with van der Waals surface area (Å²) in [4.78, 5) is 26.5. The van der Waals surface area contributed by atoms with E-state index in [-0.39, 0.29) is 5.91 Å². The second-order valence-electron chi connectivity index (χ2n) is 7.88. The molecule has 5 nitrogen and oxygen atoms in total. The lowest BCUT2D eigenvalue weighted by atomic mass is 10.0. The molecule has 1 aromatic heterocycles. The van der Waals surface area contributed by atoms with Crippen LogP contribution in [0.3, 0.4) is 0 Å². The third kappa shape index (κ3) is 5.56. The number of carbonyl (C=O) groups is 2. The summed E-state index contributed by atoms with van der Waals surface area (Å²) in [7, 11) is 1.31. The molecule has 1 atom stereocenters. The van der Waals surface area contributed by atoms with Gasteiger partial charge < -0.3 is 14.8 Å². The molecule has 1 N–H and O–H groups in total. The number of esters is 1. The van der Waals surface area contributed by atoms with E-state index < -0.39 is 12.1 Å². The van der Waals surface area contributed by atoms with Crippen molar-refractivity contribution in [1.29, 1.82) is 0 Å². The fourth-order valence-corrected chi connectivity index (χ4v) is 5.01. The van der Waals surface area contributed by atoms with E-state index in [0.29, 0.717) is 26.9 Å². The number of amides is 1. The van der Waals surface area contributed by atoms with Gasteiger partial charge in [0.05, 0.1) is 7.11 Å². The molecule has 0 saturated carbocycles. The highest BCUT2D eigenvalue weighted by Gasteiger charge is 2.27. The first kappa shape index (κ1) is 24.5. The van der Waals surface area contributed by atoms with Crippen molar-refractivity contribution in [2.45, 2.75) is 20.0 Å². The molecule has 1 amide bonds. The van der Waals surface area contributed by atoms with Gasteiger partial charge in [0.1, 0.15) is 16.3 Å². The molecule has 3 aromatic carbocycles. The van der Waals surface area contributed by atoms with Crippen molar-refractivity contribution in [2.75, 3.05) is 12.4 Å². The molecule has 0 spiro atoms. The molecular formula is C28H24ClNO4S. The number of hydrogen-bond acceptors (Lipinski definition) is 5. The highest BCUT2D eigenvalue weighted by atomic mass is 35.5. The van der Waals surface area contributed by atoms with E-state index >= 15 is 0 Å². The Morgan fingerprint density at radius 3 is 2.23 bits per heavy atom. The molecule has 0 radical (unpaired) electrons. The molecule has 35 heavy (non-hydrogen) atoms. The van der Waals surface area contributed by atoms with Crippen LogP contribution in [-0.2, 0) is 9.53 Å².